The summed E-state index contributed by atoms with van der Waals surface area (Å²) in [5.41, 5.74) is 3.61. The topological polar surface area (TPSA) is 141 Å². The van der Waals surface area contributed by atoms with Gasteiger partial charge in [-0.05, 0) is 91.0 Å². The highest BCUT2D eigenvalue weighted by Crippen LogP contribution is 2.48. The molecular weight excluding hydrogens is 783 g/mol. The van der Waals surface area contributed by atoms with Gasteiger partial charge in [-0.15, -0.1) is 0 Å². The van der Waals surface area contributed by atoms with Crippen molar-refractivity contribution in [2.75, 3.05) is 32.2 Å². The number of halogens is 1. The van der Waals surface area contributed by atoms with Crippen LogP contribution in [0.4, 0.5) is 17.1 Å². The van der Waals surface area contributed by atoms with Crippen molar-refractivity contribution in [2.45, 2.75) is 30.6 Å². The molecular formula is C37H31IN6O4S2. The van der Waals surface area contributed by atoms with E-state index in [0.29, 0.717) is 58.5 Å². The fourth-order valence-electron chi connectivity index (χ4n) is 5.90. The van der Waals surface area contributed by atoms with Crippen LogP contribution < -0.4 is 20.0 Å². The second-order valence-electron chi connectivity index (χ2n) is 11.8. The first-order valence-electron chi connectivity index (χ1n) is 15.4. The van der Waals surface area contributed by atoms with Gasteiger partial charge in [-0.25, -0.2) is 0 Å². The summed E-state index contributed by atoms with van der Waals surface area (Å²) in [7, 11) is 0. The van der Waals surface area contributed by atoms with E-state index in [1.165, 1.54) is 28.0 Å². The Bertz CT molecular complexity index is 1980. The fraction of sp³-hybridized carbons (Fsp3) is 0.189. The molecule has 13 heteroatoms. The minimum Gasteiger partial charge on any atom is -0.355 e. The van der Waals surface area contributed by atoms with E-state index in [0.717, 1.165) is 21.8 Å². The highest BCUT2D eigenvalue weighted by Gasteiger charge is 2.42. The van der Waals surface area contributed by atoms with Gasteiger partial charge in [0.25, 0.3) is 11.8 Å². The van der Waals surface area contributed by atoms with Crippen molar-refractivity contribution in [1.82, 2.24) is 5.32 Å². The maximum atomic E-state index is 14.0. The smallest absolute Gasteiger partial charge is 0.270 e. The average molecular weight is 815 g/mol. The normalized spacial score (nSPS) is 16.1. The molecule has 10 nitrogen and oxygen atoms in total. The molecule has 2 aliphatic heterocycles. The molecule has 0 atom stereocenters. The van der Waals surface area contributed by atoms with Crippen molar-refractivity contribution in [3.63, 3.8) is 0 Å². The highest BCUT2D eigenvalue weighted by atomic mass is 127. The molecule has 0 radical (unpaired) electrons. The fourth-order valence-corrected chi connectivity index (χ4v) is 6.84. The van der Waals surface area contributed by atoms with Crippen LogP contribution in [-0.4, -0.2) is 44.9 Å². The molecule has 3 aromatic carbocycles. The van der Waals surface area contributed by atoms with Gasteiger partial charge in [-0.1, -0.05) is 60.7 Å². The summed E-state index contributed by atoms with van der Waals surface area (Å²) >= 11 is 8.39. The molecule has 50 heavy (non-hydrogen) atoms. The Balaban J connectivity index is 1.52. The number of fused-ring (bicyclic) bond motifs is 1. The number of nitriles is 2. The van der Waals surface area contributed by atoms with Crippen LogP contribution in [-0.2, 0) is 19.8 Å². The van der Waals surface area contributed by atoms with E-state index in [1.54, 1.807) is 48.6 Å². The molecule has 0 bridgehead atoms. The first kappa shape index (κ1) is 36.5. The van der Waals surface area contributed by atoms with Crippen LogP contribution in [0.15, 0.2) is 107 Å². The van der Waals surface area contributed by atoms with E-state index < -0.39 is 17.2 Å². The molecule has 0 unspecified atom stereocenters. The molecule has 2 N–H and O–H groups in total. The van der Waals surface area contributed by atoms with Gasteiger partial charge in [-0.3, -0.25) is 24.2 Å². The van der Waals surface area contributed by atoms with Crippen LogP contribution in [0, 0.1) is 22.7 Å². The minimum atomic E-state index is -0.655. The summed E-state index contributed by atoms with van der Waals surface area (Å²) in [5.74, 6) is -1.33. The van der Waals surface area contributed by atoms with Crippen molar-refractivity contribution in [1.29, 1.82) is 10.5 Å². The standard InChI is InChI=1S/C37H31IN6O4S2/c1-37(2)30-20-28(50-48)14-15-31(30)42(17-7-16-41-33(45)21-38)32(37)13-4-3-12-29-34(46)43(26-10-5-8-24(18-26)22-39)36(49)44(35(29)47)27-11-6-9-25(19-27)23-40/h3-6,8-15,18-20,48H,7,16-17,21H2,1-2H3,(H,41,45)/b4-3+,32-13+. The predicted molar refractivity (Wildman–Crippen MR) is 207 cm³/mol. The van der Waals surface area contributed by atoms with Crippen molar-refractivity contribution in [3.8, 4) is 12.1 Å². The van der Waals surface area contributed by atoms with E-state index in [1.807, 2.05) is 46.9 Å². The maximum absolute atomic E-state index is 14.0. The van der Waals surface area contributed by atoms with Gasteiger partial charge < -0.3 is 14.8 Å². The van der Waals surface area contributed by atoms with Crippen LogP contribution in [0.2, 0.25) is 0 Å². The quantitative estimate of drug-likeness (QED) is 0.0432. The lowest BCUT2D eigenvalue weighted by Gasteiger charge is -2.36. The Kier molecular flexibility index (Phi) is 11.5. The van der Waals surface area contributed by atoms with Gasteiger partial charge >= 0.3 is 0 Å². The third-order valence-corrected chi connectivity index (χ3v) is 9.84. The van der Waals surface area contributed by atoms with Crippen LogP contribution >= 0.6 is 46.9 Å². The van der Waals surface area contributed by atoms with E-state index in [-0.39, 0.29) is 16.6 Å². The Hall–Kier alpha value is -4.80. The number of hydrogen-bond acceptors (Lipinski definition) is 9. The molecule has 0 saturated carbocycles. The van der Waals surface area contributed by atoms with Gasteiger partial charge in [0.15, 0.2) is 5.11 Å². The van der Waals surface area contributed by atoms with Crippen molar-refractivity contribution >= 4 is 86.7 Å². The summed E-state index contributed by atoms with van der Waals surface area (Å²) in [4.78, 5) is 45.0. The molecule has 0 spiro atoms. The van der Waals surface area contributed by atoms with Gasteiger partial charge in [0.2, 0.25) is 5.91 Å². The number of nitrogens with zero attached hydrogens (tertiary/aromatic N) is 5. The molecule has 1 fully saturated rings. The molecule has 1 saturated heterocycles. The minimum absolute atomic E-state index is 0.0238. The van der Waals surface area contributed by atoms with Crippen LogP contribution in [0.25, 0.3) is 0 Å². The molecule has 5 rings (SSSR count). The predicted octanol–water partition coefficient (Wildman–Crippen LogP) is 6.77. The Labute approximate surface area is 313 Å². The zero-order chi connectivity index (χ0) is 36.0. The van der Waals surface area contributed by atoms with Crippen LogP contribution in [0.3, 0.4) is 0 Å². The number of allylic oxidation sites excluding steroid dienone is 5. The molecule has 3 aromatic rings. The lowest BCUT2D eigenvalue weighted by molar-refractivity contribution is -0.121. The zero-order valence-corrected chi connectivity index (χ0v) is 30.9. The van der Waals surface area contributed by atoms with Crippen molar-refractivity contribution < 1.29 is 18.9 Å². The molecule has 3 amide bonds. The number of nitrogens with one attached hydrogen (secondary N) is 1. The number of carbonyl (C=O) groups is 3. The number of amides is 3. The maximum Gasteiger partial charge on any atom is 0.270 e. The van der Waals surface area contributed by atoms with Gasteiger partial charge in [0, 0.05) is 46.8 Å². The summed E-state index contributed by atoms with van der Waals surface area (Å²) < 4.78 is 10.1. The van der Waals surface area contributed by atoms with Gasteiger partial charge in [-0.2, -0.15) is 10.5 Å². The Morgan fingerprint density at radius 3 is 2.12 bits per heavy atom. The van der Waals surface area contributed by atoms with Crippen molar-refractivity contribution in [2.24, 2.45) is 0 Å². The Morgan fingerprint density at radius 1 is 0.960 bits per heavy atom. The third kappa shape index (κ3) is 7.37. The highest BCUT2D eigenvalue weighted by molar-refractivity contribution is 14.1. The summed E-state index contributed by atoms with van der Waals surface area (Å²) in [6.07, 6.45) is 7.43. The zero-order valence-electron chi connectivity index (χ0n) is 27.1. The summed E-state index contributed by atoms with van der Waals surface area (Å²) in [6.45, 7) is 5.31. The molecule has 252 valence electrons. The lowest BCUT2D eigenvalue weighted by atomic mass is 9.83. The van der Waals surface area contributed by atoms with E-state index in [2.05, 4.69) is 36.2 Å². The third-order valence-electron chi connectivity index (χ3n) is 8.32. The average Bonchev–Trinajstić information content (AvgIpc) is 3.33. The second kappa shape index (κ2) is 15.8. The lowest BCUT2D eigenvalue weighted by Crippen LogP contribution is -2.57. The summed E-state index contributed by atoms with van der Waals surface area (Å²) in [6, 6.07) is 22.7. The summed E-state index contributed by atoms with van der Waals surface area (Å²) in [5, 5.41) is 21.8. The number of alkyl halides is 1. The van der Waals surface area contributed by atoms with Gasteiger partial charge in [0.05, 0.1) is 39.1 Å². The number of rotatable bonds is 10. The van der Waals surface area contributed by atoms with E-state index in [9.17, 15) is 29.5 Å². The molecule has 0 aromatic heterocycles. The first-order chi connectivity index (χ1) is 24.0. The number of hydrogen-bond donors (Lipinski definition) is 2. The number of carbonyl (C=O) groups excluding carboxylic acids is 3. The van der Waals surface area contributed by atoms with E-state index in [4.69, 9.17) is 12.2 Å². The largest absolute Gasteiger partial charge is 0.355 e. The van der Waals surface area contributed by atoms with Crippen LogP contribution in [0.5, 0.6) is 0 Å². The monoisotopic (exact) mass is 814 g/mol. The van der Waals surface area contributed by atoms with Gasteiger partial charge in [0.1, 0.15) is 5.57 Å². The first-order valence-corrected chi connectivity index (χ1v) is 18.1. The second-order valence-corrected chi connectivity index (χ2v) is 13.6. The molecule has 0 aliphatic carbocycles. The van der Waals surface area contributed by atoms with Crippen molar-refractivity contribution in [3.05, 3.63) is 119 Å². The Morgan fingerprint density at radius 2 is 1.56 bits per heavy atom. The number of benzene rings is 3. The molecule has 2 heterocycles. The number of thiocarbonyl (C=S) groups is 1. The molecule has 2 aliphatic rings. The van der Waals surface area contributed by atoms with Crippen LogP contribution in [0.1, 0.15) is 37.0 Å². The van der Waals surface area contributed by atoms with E-state index >= 15 is 0 Å². The number of anilines is 3. The SMILES string of the molecule is CC1(C)/C(=C\C=C\C=C2C(=O)N(c3cccc(C#N)c3)C(=S)N(c3cccc(C#N)c3)C2=O)N(CCCNC(=O)CI)c2ccc(SO)cc21.